The number of benzene rings is 2. The Kier molecular flexibility index (Phi) is 6.26. The van der Waals surface area contributed by atoms with E-state index in [1.54, 1.807) is 29.2 Å². The summed E-state index contributed by atoms with van der Waals surface area (Å²) in [5.74, 6) is -0.487. The van der Waals surface area contributed by atoms with Gasteiger partial charge in [0, 0.05) is 32.7 Å². The summed E-state index contributed by atoms with van der Waals surface area (Å²) in [4.78, 5) is 43.4. The second-order valence-corrected chi connectivity index (χ2v) is 9.69. The number of fused-ring (bicyclic) bond motifs is 1. The van der Waals surface area contributed by atoms with Crippen molar-refractivity contribution >= 4 is 17.9 Å². The van der Waals surface area contributed by atoms with Gasteiger partial charge in [-0.1, -0.05) is 36.4 Å². The van der Waals surface area contributed by atoms with Crippen LogP contribution in [0.5, 0.6) is 0 Å². The van der Waals surface area contributed by atoms with E-state index < -0.39 is 5.60 Å². The number of carbonyl (C=O) groups is 3. The fraction of sp³-hybridized carbons (Fsp3) is 0.423. The van der Waals surface area contributed by atoms with Crippen LogP contribution in [-0.2, 0) is 11.3 Å². The third-order valence-corrected chi connectivity index (χ3v) is 6.08. The van der Waals surface area contributed by atoms with Crippen LogP contribution in [-0.4, -0.2) is 64.4 Å². The number of carbonyl (C=O) groups excluding carboxylic acids is 3. The summed E-state index contributed by atoms with van der Waals surface area (Å²) in [6, 6.07) is 14.6. The third kappa shape index (κ3) is 4.93. The highest BCUT2D eigenvalue weighted by molar-refractivity contribution is 6.21. The van der Waals surface area contributed by atoms with Crippen LogP contribution in [0.3, 0.4) is 0 Å². The average molecular weight is 450 g/mol. The van der Waals surface area contributed by atoms with E-state index in [9.17, 15) is 14.4 Å². The van der Waals surface area contributed by atoms with Crippen LogP contribution in [0.15, 0.2) is 48.5 Å². The highest BCUT2D eigenvalue weighted by Gasteiger charge is 2.38. The number of imide groups is 1. The Bertz CT molecular complexity index is 1030. The zero-order valence-corrected chi connectivity index (χ0v) is 19.7. The molecular weight excluding hydrogens is 418 g/mol. The van der Waals surface area contributed by atoms with E-state index in [-0.39, 0.29) is 23.9 Å². The number of hydrogen-bond acceptors (Lipinski definition) is 5. The van der Waals surface area contributed by atoms with Crippen LogP contribution in [0.25, 0.3) is 0 Å². The van der Waals surface area contributed by atoms with Gasteiger partial charge in [-0.25, -0.2) is 4.79 Å². The normalized spacial score (nSPS) is 17.8. The van der Waals surface area contributed by atoms with Gasteiger partial charge in [0.1, 0.15) is 5.60 Å². The highest BCUT2D eigenvalue weighted by Crippen LogP contribution is 2.31. The zero-order valence-electron chi connectivity index (χ0n) is 19.7. The lowest BCUT2D eigenvalue weighted by atomic mass is 10.0. The van der Waals surface area contributed by atoms with Gasteiger partial charge >= 0.3 is 6.09 Å². The van der Waals surface area contributed by atoms with E-state index >= 15 is 0 Å². The number of nitrogens with zero attached hydrogens (tertiary/aromatic N) is 3. The maximum absolute atomic E-state index is 12.9. The Morgan fingerprint density at radius 1 is 0.939 bits per heavy atom. The summed E-state index contributed by atoms with van der Waals surface area (Å²) in [7, 11) is 0. The molecule has 7 heteroatoms. The molecule has 1 atom stereocenters. The van der Waals surface area contributed by atoms with Crippen LogP contribution in [0.4, 0.5) is 4.79 Å². The molecule has 33 heavy (non-hydrogen) atoms. The Labute approximate surface area is 194 Å². The molecule has 4 rings (SSSR count). The third-order valence-electron chi connectivity index (χ3n) is 6.08. The van der Waals surface area contributed by atoms with Gasteiger partial charge in [-0.3, -0.25) is 19.4 Å². The average Bonchev–Trinajstić information content (AvgIpc) is 3.03. The molecule has 0 bridgehead atoms. The first kappa shape index (κ1) is 23.0. The lowest BCUT2D eigenvalue weighted by Crippen LogP contribution is -2.49. The molecule has 1 saturated heterocycles. The first-order valence-corrected chi connectivity index (χ1v) is 11.4. The molecule has 2 aromatic rings. The van der Waals surface area contributed by atoms with Gasteiger partial charge < -0.3 is 9.64 Å². The quantitative estimate of drug-likeness (QED) is 0.658. The Balaban J connectivity index is 1.39. The van der Waals surface area contributed by atoms with Crippen molar-refractivity contribution in [2.45, 2.75) is 45.9 Å². The molecule has 2 heterocycles. The number of rotatable bonds is 4. The van der Waals surface area contributed by atoms with Gasteiger partial charge in [-0.15, -0.1) is 0 Å². The largest absolute Gasteiger partial charge is 0.444 e. The Hall–Kier alpha value is -3.19. The monoisotopic (exact) mass is 449 g/mol. The maximum Gasteiger partial charge on any atom is 0.410 e. The van der Waals surface area contributed by atoms with Crippen molar-refractivity contribution in [3.63, 3.8) is 0 Å². The van der Waals surface area contributed by atoms with Gasteiger partial charge in [0.15, 0.2) is 0 Å². The van der Waals surface area contributed by atoms with Crippen molar-refractivity contribution in [2.75, 3.05) is 26.2 Å². The van der Waals surface area contributed by atoms with Gasteiger partial charge in [0.25, 0.3) is 11.8 Å². The summed E-state index contributed by atoms with van der Waals surface area (Å²) in [6.07, 6.45) is -0.265. The van der Waals surface area contributed by atoms with Crippen LogP contribution in [0, 0.1) is 0 Å². The molecule has 0 saturated carbocycles. The summed E-state index contributed by atoms with van der Waals surface area (Å²) >= 11 is 0. The SMILES string of the molecule is C[C@@H](c1cccc(CN2CCN(C(=O)OC(C)(C)C)CC2)c1)N1C(=O)c2ccccc2C1=O. The fourth-order valence-corrected chi connectivity index (χ4v) is 4.33. The smallest absolute Gasteiger partial charge is 0.410 e. The molecule has 0 unspecified atom stereocenters. The molecule has 2 aromatic carbocycles. The van der Waals surface area contributed by atoms with E-state index in [1.807, 2.05) is 39.8 Å². The number of amides is 3. The molecule has 2 aliphatic rings. The maximum atomic E-state index is 12.9. The second-order valence-electron chi connectivity index (χ2n) is 9.69. The summed E-state index contributed by atoms with van der Waals surface area (Å²) in [5.41, 5.74) is 2.47. The second kappa shape index (κ2) is 8.98. The van der Waals surface area contributed by atoms with Crippen molar-refractivity contribution in [2.24, 2.45) is 0 Å². The number of hydrogen-bond donors (Lipinski definition) is 0. The van der Waals surface area contributed by atoms with Crippen molar-refractivity contribution in [1.82, 2.24) is 14.7 Å². The minimum atomic E-state index is -0.495. The molecule has 0 spiro atoms. The van der Waals surface area contributed by atoms with Crippen molar-refractivity contribution < 1.29 is 19.1 Å². The van der Waals surface area contributed by atoms with E-state index in [0.29, 0.717) is 24.2 Å². The van der Waals surface area contributed by atoms with E-state index in [0.717, 1.165) is 30.8 Å². The van der Waals surface area contributed by atoms with Crippen molar-refractivity contribution in [1.29, 1.82) is 0 Å². The first-order chi connectivity index (χ1) is 15.6. The highest BCUT2D eigenvalue weighted by atomic mass is 16.6. The summed E-state index contributed by atoms with van der Waals surface area (Å²) in [6.45, 7) is 11.0. The molecule has 0 aliphatic carbocycles. The van der Waals surface area contributed by atoms with E-state index in [1.165, 1.54) is 4.90 Å². The van der Waals surface area contributed by atoms with E-state index in [4.69, 9.17) is 4.74 Å². The standard InChI is InChI=1S/C26H31N3O4/c1-18(29-23(30)21-10-5-6-11-22(21)24(29)31)20-9-7-8-19(16-20)17-27-12-14-28(15-13-27)25(32)33-26(2,3)4/h5-11,16,18H,12-15,17H2,1-4H3/t18-/m0/s1. The predicted molar refractivity (Wildman–Crippen MR) is 125 cm³/mol. The molecule has 1 fully saturated rings. The first-order valence-electron chi connectivity index (χ1n) is 11.4. The van der Waals surface area contributed by atoms with Crippen molar-refractivity contribution in [3.8, 4) is 0 Å². The van der Waals surface area contributed by atoms with Gasteiger partial charge in [0.05, 0.1) is 17.2 Å². The molecule has 3 amide bonds. The lowest BCUT2D eigenvalue weighted by Gasteiger charge is -2.35. The van der Waals surface area contributed by atoms with Gasteiger partial charge in [-0.05, 0) is 51.0 Å². The molecule has 7 nitrogen and oxygen atoms in total. The summed E-state index contributed by atoms with van der Waals surface area (Å²) in [5, 5.41) is 0. The fourth-order valence-electron chi connectivity index (χ4n) is 4.33. The topological polar surface area (TPSA) is 70.2 Å². The minimum Gasteiger partial charge on any atom is -0.444 e. The molecule has 174 valence electrons. The predicted octanol–water partition coefficient (Wildman–Crippen LogP) is 4.10. The molecule has 0 radical (unpaired) electrons. The number of piperazine rings is 1. The summed E-state index contributed by atoms with van der Waals surface area (Å²) < 4.78 is 5.47. The molecule has 0 aromatic heterocycles. The molecule has 0 N–H and O–H groups in total. The van der Waals surface area contributed by atoms with Gasteiger partial charge in [-0.2, -0.15) is 0 Å². The Morgan fingerprint density at radius 2 is 1.55 bits per heavy atom. The Morgan fingerprint density at radius 3 is 2.12 bits per heavy atom. The van der Waals surface area contributed by atoms with Crippen molar-refractivity contribution in [3.05, 3.63) is 70.8 Å². The zero-order chi connectivity index (χ0) is 23.8. The number of ether oxygens (including phenoxy) is 1. The van der Waals surface area contributed by atoms with E-state index in [2.05, 4.69) is 17.0 Å². The molecular formula is C26H31N3O4. The van der Waals surface area contributed by atoms with Gasteiger partial charge in [0.2, 0.25) is 0 Å². The molecule has 2 aliphatic heterocycles. The van der Waals surface area contributed by atoms with Crippen LogP contribution in [0.2, 0.25) is 0 Å². The lowest BCUT2D eigenvalue weighted by molar-refractivity contribution is 0.0138. The van der Waals surface area contributed by atoms with Crippen LogP contribution < -0.4 is 0 Å². The van der Waals surface area contributed by atoms with Crippen LogP contribution >= 0.6 is 0 Å². The van der Waals surface area contributed by atoms with Crippen LogP contribution in [0.1, 0.15) is 65.6 Å². The minimum absolute atomic E-state index is 0.244.